The molecule has 0 heterocycles. The maximum Gasteiger partial charge on any atom is 0.345 e. The molecule has 1 aromatic carbocycles. The van der Waals surface area contributed by atoms with Gasteiger partial charge in [0, 0.05) is 12.8 Å². The Bertz CT molecular complexity index is 1020. The van der Waals surface area contributed by atoms with Gasteiger partial charge in [0.2, 0.25) is 0 Å². The average Bonchev–Trinajstić information content (AvgIpc) is 3.22. The van der Waals surface area contributed by atoms with Crippen molar-refractivity contribution in [3.63, 3.8) is 0 Å². The molecule has 6 heteroatoms. The molecule has 0 aliphatic rings. The van der Waals surface area contributed by atoms with E-state index in [-0.39, 0.29) is 24.0 Å². The largest absolute Gasteiger partial charge is 0.389 e. The van der Waals surface area contributed by atoms with Gasteiger partial charge in [-0.3, -0.25) is 9.59 Å². The van der Waals surface area contributed by atoms with Gasteiger partial charge in [0.1, 0.15) is 0 Å². The van der Waals surface area contributed by atoms with Crippen molar-refractivity contribution in [2.75, 3.05) is 0 Å². The van der Waals surface area contributed by atoms with Crippen LogP contribution < -0.4 is 0 Å². The van der Waals surface area contributed by atoms with Crippen LogP contribution in [-0.2, 0) is 19.1 Å². The molecule has 0 bridgehead atoms. The Hall–Kier alpha value is -2.50. The van der Waals surface area contributed by atoms with Crippen molar-refractivity contribution >= 4 is 23.9 Å². The van der Waals surface area contributed by atoms with Crippen LogP contribution in [0.15, 0.2) is 24.3 Å². The van der Waals surface area contributed by atoms with E-state index in [9.17, 15) is 19.2 Å². The number of carbonyl (C=O) groups is 4. The Morgan fingerprint density at radius 2 is 0.466 bits per heavy atom. The van der Waals surface area contributed by atoms with E-state index in [1.54, 1.807) is 0 Å². The van der Waals surface area contributed by atoms with Crippen molar-refractivity contribution in [3.05, 3.63) is 35.4 Å². The normalized spacial score (nSPS) is 11.2. The number of unbranched alkanes of at least 4 members (excludes halogenated alkanes) is 36. The lowest BCUT2D eigenvalue weighted by atomic mass is 10.0. The number of rotatable bonds is 42. The Morgan fingerprint density at radius 1 is 0.293 bits per heavy atom. The van der Waals surface area contributed by atoms with Crippen LogP contribution in [0.25, 0.3) is 0 Å². The minimum atomic E-state index is -0.733. The summed E-state index contributed by atoms with van der Waals surface area (Å²) in [4.78, 5) is 49.3. The first-order valence-electron chi connectivity index (χ1n) is 25.1. The molecule has 1 aromatic rings. The van der Waals surface area contributed by atoms with Crippen LogP contribution in [0.3, 0.4) is 0 Å². The van der Waals surface area contributed by atoms with E-state index in [0.29, 0.717) is 12.8 Å². The van der Waals surface area contributed by atoms with Crippen LogP contribution in [0.4, 0.5) is 0 Å². The van der Waals surface area contributed by atoms with E-state index in [1.807, 2.05) is 0 Å². The lowest BCUT2D eigenvalue weighted by molar-refractivity contribution is -0.139. The van der Waals surface area contributed by atoms with Crippen molar-refractivity contribution in [2.45, 2.75) is 271 Å². The summed E-state index contributed by atoms with van der Waals surface area (Å²) in [6.07, 6.45) is 49.5. The number of hydrogen-bond acceptors (Lipinski definition) is 6. The fourth-order valence-electron chi connectivity index (χ4n) is 7.86. The second-order valence-corrected chi connectivity index (χ2v) is 17.3. The lowest BCUT2D eigenvalue weighted by Crippen LogP contribution is -2.14. The minimum absolute atomic E-state index is 0.179. The second kappa shape index (κ2) is 41.2. The quantitative estimate of drug-likeness (QED) is 0.0371. The molecule has 0 saturated heterocycles. The molecule has 0 aromatic heterocycles. The number of hydrogen-bond donors (Lipinski definition) is 0. The Morgan fingerprint density at radius 3 is 0.655 bits per heavy atom. The van der Waals surface area contributed by atoms with Gasteiger partial charge in [0.05, 0.1) is 11.1 Å². The average molecular weight is 811 g/mol. The van der Waals surface area contributed by atoms with Crippen molar-refractivity contribution in [1.29, 1.82) is 0 Å². The van der Waals surface area contributed by atoms with E-state index in [4.69, 9.17) is 9.47 Å². The molecule has 0 fully saturated rings. The Labute approximate surface area is 357 Å². The fourth-order valence-corrected chi connectivity index (χ4v) is 7.86. The number of ether oxygens (including phenoxy) is 2. The zero-order valence-electron chi connectivity index (χ0n) is 38.0. The fraction of sp³-hybridized carbons (Fsp3) is 0.808. The van der Waals surface area contributed by atoms with Crippen molar-refractivity contribution in [3.8, 4) is 0 Å². The summed E-state index contributed by atoms with van der Waals surface area (Å²) < 4.78 is 10.0. The van der Waals surface area contributed by atoms with Gasteiger partial charge in [-0.25, -0.2) is 9.59 Å². The zero-order chi connectivity index (χ0) is 42.0. The molecule has 0 aliphatic heterocycles. The van der Waals surface area contributed by atoms with Crippen LogP contribution in [0.1, 0.15) is 291 Å². The van der Waals surface area contributed by atoms with Crippen molar-refractivity contribution in [1.82, 2.24) is 0 Å². The summed E-state index contributed by atoms with van der Waals surface area (Å²) in [6.45, 7) is 4.55. The summed E-state index contributed by atoms with van der Waals surface area (Å²) in [5, 5.41) is 0. The van der Waals surface area contributed by atoms with Gasteiger partial charge < -0.3 is 9.47 Å². The van der Waals surface area contributed by atoms with Crippen molar-refractivity contribution in [2.24, 2.45) is 0 Å². The van der Waals surface area contributed by atoms with Gasteiger partial charge in [-0.1, -0.05) is 245 Å². The molecule has 334 valence electrons. The predicted octanol–water partition coefficient (Wildman–Crippen LogP) is 16.7. The number of esters is 4. The summed E-state index contributed by atoms with van der Waals surface area (Å²) in [5.41, 5.74) is 0.358. The van der Waals surface area contributed by atoms with Crippen LogP contribution >= 0.6 is 0 Å². The highest BCUT2D eigenvalue weighted by atomic mass is 16.6. The van der Waals surface area contributed by atoms with Gasteiger partial charge >= 0.3 is 23.9 Å². The third kappa shape index (κ3) is 34.4. The van der Waals surface area contributed by atoms with E-state index < -0.39 is 23.9 Å². The van der Waals surface area contributed by atoms with Crippen LogP contribution in [0.5, 0.6) is 0 Å². The highest BCUT2D eigenvalue weighted by Crippen LogP contribution is 2.17. The first-order chi connectivity index (χ1) is 28.5. The third-order valence-electron chi connectivity index (χ3n) is 11.7. The molecule has 0 N–H and O–H groups in total. The summed E-state index contributed by atoms with van der Waals surface area (Å²) in [7, 11) is 0. The summed E-state index contributed by atoms with van der Waals surface area (Å²) in [6, 6.07) is 5.69. The van der Waals surface area contributed by atoms with Gasteiger partial charge in [-0.2, -0.15) is 0 Å². The molecule has 0 atom stereocenters. The van der Waals surface area contributed by atoms with E-state index in [0.717, 1.165) is 25.7 Å². The molecule has 1 rings (SSSR count). The predicted molar refractivity (Wildman–Crippen MR) is 243 cm³/mol. The topological polar surface area (TPSA) is 86.7 Å². The van der Waals surface area contributed by atoms with Gasteiger partial charge in [0.15, 0.2) is 0 Å². The first-order valence-corrected chi connectivity index (χ1v) is 25.1. The second-order valence-electron chi connectivity index (χ2n) is 17.3. The molecular weight excluding hydrogens is 721 g/mol. The number of carbonyl (C=O) groups excluding carboxylic acids is 4. The number of benzene rings is 1. The van der Waals surface area contributed by atoms with Crippen LogP contribution in [0, 0.1) is 0 Å². The van der Waals surface area contributed by atoms with E-state index in [2.05, 4.69) is 13.8 Å². The Kier molecular flexibility index (Phi) is 38.1. The molecule has 6 nitrogen and oxygen atoms in total. The SMILES string of the molecule is CCCCCCCCCCCCCCCCCCCCCC(=O)OC(=O)c1ccc(C(=O)OC(=O)CCCCCCCCCCCCCCCCCCCCC)cc1. The van der Waals surface area contributed by atoms with Gasteiger partial charge in [-0.15, -0.1) is 0 Å². The standard InChI is InChI=1S/C52H90O6/c1-3-5-7-9-11-13-15-17-19-21-23-25-27-29-31-33-35-37-39-41-49(53)57-51(55)47-43-45-48(46-44-47)52(56)58-50(54)42-40-38-36-34-32-30-28-26-24-22-20-18-16-14-12-10-8-6-4-2/h43-46H,3-42H2,1-2H3. The molecule has 0 amide bonds. The summed E-state index contributed by atoms with van der Waals surface area (Å²) >= 11 is 0. The zero-order valence-corrected chi connectivity index (χ0v) is 38.0. The van der Waals surface area contributed by atoms with Crippen LogP contribution in [-0.4, -0.2) is 23.9 Å². The molecule has 0 saturated carbocycles. The minimum Gasteiger partial charge on any atom is -0.389 e. The van der Waals surface area contributed by atoms with E-state index in [1.165, 1.54) is 230 Å². The molecule has 0 aliphatic carbocycles. The summed E-state index contributed by atoms with van der Waals surface area (Å²) in [5.74, 6) is -2.52. The highest BCUT2D eigenvalue weighted by Gasteiger charge is 2.16. The molecule has 58 heavy (non-hydrogen) atoms. The molecular formula is C52H90O6. The molecule has 0 spiro atoms. The lowest BCUT2D eigenvalue weighted by Gasteiger charge is -2.06. The molecule has 0 radical (unpaired) electrons. The maximum absolute atomic E-state index is 12.4. The van der Waals surface area contributed by atoms with Crippen LogP contribution in [0.2, 0.25) is 0 Å². The van der Waals surface area contributed by atoms with Gasteiger partial charge in [0.25, 0.3) is 0 Å². The smallest absolute Gasteiger partial charge is 0.345 e. The van der Waals surface area contributed by atoms with E-state index >= 15 is 0 Å². The maximum atomic E-state index is 12.4. The first kappa shape index (κ1) is 53.5. The van der Waals surface area contributed by atoms with Gasteiger partial charge in [-0.05, 0) is 37.1 Å². The monoisotopic (exact) mass is 811 g/mol. The molecule has 0 unspecified atom stereocenters. The van der Waals surface area contributed by atoms with Crippen molar-refractivity contribution < 1.29 is 28.7 Å². The Balaban J connectivity index is 1.96. The third-order valence-corrected chi connectivity index (χ3v) is 11.7. The highest BCUT2D eigenvalue weighted by molar-refractivity contribution is 5.99.